The summed E-state index contributed by atoms with van der Waals surface area (Å²) in [5.41, 5.74) is 0. The topological polar surface area (TPSA) is 123 Å². The third-order valence-electron chi connectivity index (χ3n) is 1.99. The maximum Gasteiger partial charge on any atom is 0.469 e. The van der Waals surface area contributed by atoms with Gasteiger partial charge < -0.3 is 14.5 Å². The van der Waals surface area contributed by atoms with Gasteiger partial charge in [0.05, 0.1) is 6.61 Å². The number of phosphoric ester groups is 1. The molecule has 3 N–H and O–H groups in total. The van der Waals surface area contributed by atoms with Crippen molar-refractivity contribution in [2.75, 3.05) is 13.2 Å². The normalized spacial score (nSPS) is 13.3. The highest BCUT2D eigenvalue weighted by atomic mass is 31.2. The molecule has 0 aromatic rings. The highest BCUT2D eigenvalue weighted by Crippen LogP contribution is 2.35. The fourth-order valence-electron chi connectivity index (χ4n) is 1.07. The second kappa shape index (κ2) is 9.43. The molecular formula is C9H19O8P. The minimum atomic E-state index is -4.63. The summed E-state index contributed by atoms with van der Waals surface area (Å²) in [6.07, 6.45) is 1.72. The van der Waals surface area contributed by atoms with Gasteiger partial charge in [0, 0.05) is 6.42 Å². The number of unbranched alkanes of at least 4 members (excludes halogenated alkanes) is 2. The molecule has 0 bridgehead atoms. The Bertz CT molecular complexity index is 276. The third-order valence-corrected chi connectivity index (χ3v) is 2.48. The molecule has 9 heteroatoms. The van der Waals surface area contributed by atoms with E-state index >= 15 is 0 Å². The largest absolute Gasteiger partial charge is 0.469 e. The van der Waals surface area contributed by atoms with Crippen LogP contribution in [0, 0.1) is 0 Å². The lowest BCUT2D eigenvalue weighted by Gasteiger charge is -2.14. The number of phosphoric acid groups is 1. The van der Waals surface area contributed by atoms with E-state index in [0.29, 0.717) is 6.42 Å². The minimum absolute atomic E-state index is 0.255. The second-order valence-electron chi connectivity index (χ2n) is 3.65. The quantitative estimate of drug-likeness (QED) is 0.179. The molecule has 0 unspecified atom stereocenters. The van der Waals surface area contributed by atoms with E-state index in [2.05, 4.69) is 9.41 Å². The monoisotopic (exact) mass is 286 g/mol. The number of hydrogen-bond donors (Lipinski definition) is 3. The smallest absolute Gasteiger partial charge is 0.463 e. The van der Waals surface area contributed by atoms with Gasteiger partial charge in [-0.25, -0.2) is 9.45 Å². The van der Waals surface area contributed by atoms with Gasteiger partial charge in [0.25, 0.3) is 0 Å². The molecule has 0 aliphatic heterocycles. The standard InChI is InChI=1S/C9H19O8P/c1-2-3-4-5-9(10)15-6-8(17-11)7-16-18(12,13)14/h8,11H,2-7H2,1H3,(H2,12,13,14)/t8-/m1/s1. The molecular weight excluding hydrogens is 267 g/mol. The van der Waals surface area contributed by atoms with Gasteiger partial charge in [0.2, 0.25) is 0 Å². The minimum Gasteiger partial charge on any atom is -0.463 e. The first-order valence-corrected chi connectivity index (χ1v) is 7.08. The van der Waals surface area contributed by atoms with Gasteiger partial charge >= 0.3 is 13.8 Å². The van der Waals surface area contributed by atoms with Crippen LogP contribution >= 0.6 is 7.82 Å². The van der Waals surface area contributed by atoms with Gasteiger partial charge in [-0.15, -0.1) is 0 Å². The van der Waals surface area contributed by atoms with Crippen LogP contribution in [0.25, 0.3) is 0 Å². The molecule has 0 aliphatic rings. The molecule has 0 aromatic carbocycles. The lowest BCUT2D eigenvalue weighted by atomic mass is 10.2. The zero-order valence-corrected chi connectivity index (χ0v) is 11.0. The van der Waals surface area contributed by atoms with Gasteiger partial charge in [0.1, 0.15) is 6.61 Å². The molecule has 18 heavy (non-hydrogen) atoms. The fourth-order valence-corrected chi connectivity index (χ4v) is 1.43. The first kappa shape index (κ1) is 17.5. The van der Waals surface area contributed by atoms with E-state index in [1.54, 1.807) is 0 Å². The summed E-state index contributed by atoms with van der Waals surface area (Å²) in [5, 5.41) is 8.43. The molecule has 0 saturated carbocycles. The number of esters is 1. The average molecular weight is 286 g/mol. The Balaban J connectivity index is 3.79. The second-order valence-corrected chi connectivity index (χ2v) is 4.89. The van der Waals surface area contributed by atoms with E-state index in [4.69, 9.17) is 19.8 Å². The number of carbonyl (C=O) groups excluding carboxylic acids is 1. The number of ether oxygens (including phenoxy) is 1. The maximum absolute atomic E-state index is 11.2. The van der Waals surface area contributed by atoms with Crippen molar-refractivity contribution >= 4 is 13.8 Å². The van der Waals surface area contributed by atoms with Crippen LogP contribution < -0.4 is 0 Å². The summed E-state index contributed by atoms with van der Waals surface area (Å²) in [5.74, 6) is -0.457. The third kappa shape index (κ3) is 10.6. The molecule has 0 spiro atoms. The maximum atomic E-state index is 11.2. The van der Waals surface area contributed by atoms with Crippen LogP contribution in [0.4, 0.5) is 0 Å². The molecule has 8 nitrogen and oxygen atoms in total. The Morgan fingerprint density at radius 1 is 1.28 bits per heavy atom. The predicted molar refractivity (Wildman–Crippen MR) is 60.6 cm³/mol. The van der Waals surface area contributed by atoms with Crippen LogP contribution in [0.2, 0.25) is 0 Å². The Hall–Kier alpha value is -0.500. The molecule has 0 aliphatic carbocycles. The molecule has 1 atom stereocenters. The predicted octanol–water partition coefficient (Wildman–Crippen LogP) is 1.08. The molecule has 0 aromatic heterocycles. The van der Waals surface area contributed by atoms with Crippen LogP contribution in [0.1, 0.15) is 32.6 Å². The molecule has 0 amide bonds. The molecule has 108 valence electrons. The van der Waals surface area contributed by atoms with Crippen molar-refractivity contribution in [1.29, 1.82) is 0 Å². The SMILES string of the molecule is CCCCCC(=O)OC[C@H](COP(=O)(O)O)OO. The average Bonchev–Trinajstić information content (AvgIpc) is 2.28. The zero-order valence-electron chi connectivity index (χ0n) is 10.2. The van der Waals surface area contributed by atoms with E-state index < -0.39 is 26.5 Å². The summed E-state index contributed by atoms with van der Waals surface area (Å²) in [4.78, 5) is 31.9. The van der Waals surface area contributed by atoms with Gasteiger partial charge in [-0.2, -0.15) is 0 Å². The van der Waals surface area contributed by atoms with Crippen LogP contribution in [0.15, 0.2) is 0 Å². The molecule has 0 radical (unpaired) electrons. The van der Waals surface area contributed by atoms with Crippen molar-refractivity contribution in [3.8, 4) is 0 Å². The van der Waals surface area contributed by atoms with Crippen LogP contribution in [-0.4, -0.2) is 40.3 Å². The molecule has 0 rings (SSSR count). The van der Waals surface area contributed by atoms with Crippen LogP contribution in [0.3, 0.4) is 0 Å². The number of rotatable bonds is 10. The zero-order chi connectivity index (χ0) is 14.0. The Labute approximate surface area is 105 Å². The first-order chi connectivity index (χ1) is 8.39. The van der Waals surface area contributed by atoms with Crippen LogP contribution in [-0.2, 0) is 23.5 Å². The summed E-state index contributed by atoms with van der Waals surface area (Å²) < 4.78 is 19.2. The van der Waals surface area contributed by atoms with Crippen LogP contribution in [0.5, 0.6) is 0 Å². The van der Waals surface area contributed by atoms with Crippen molar-refractivity contribution in [2.24, 2.45) is 0 Å². The number of carbonyl (C=O) groups is 1. The molecule has 0 heterocycles. The first-order valence-electron chi connectivity index (χ1n) is 5.55. The Morgan fingerprint density at radius 3 is 2.44 bits per heavy atom. The van der Waals surface area contributed by atoms with E-state index in [-0.39, 0.29) is 13.0 Å². The number of hydrogen-bond acceptors (Lipinski definition) is 6. The van der Waals surface area contributed by atoms with Gasteiger partial charge in [0.15, 0.2) is 6.10 Å². The Morgan fingerprint density at radius 2 is 1.94 bits per heavy atom. The van der Waals surface area contributed by atoms with Gasteiger partial charge in [-0.1, -0.05) is 19.8 Å². The van der Waals surface area contributed by atoms with Crippen molar-refractivity contribution < 1.29 is 38.6 Å². The van der Waals surface area contributed by atoms with Gasteiger partial charge in [-0.05, 0) is 6.42 Å². The Kier molecular flexibility index (Phi) is 9.17. The van der Waals surface area contributed by atoms with Crippen molar-refractivity contribution in [2.45, 2.75) is 38.7 Å². The van der Waals surface area contributed by atoms with Crippen molar-refractivity contribution in [3.63, 3.8) is 0 Å². The van der Waals surface area contributed by atoms with E-state index in [1.165, 1.54) is 0 Å². The van der Waals surface area contributed by atoms with Crippen molar-refractivity contribution in [3.05, 3.63) is 0 Å². The van der Waals surface area contributed by atoms with E-state index in [0.717, 1.165) is 12.8 Å². The summed E-state index contributed by atoms with van der Waals surface area (Å²) in [6.45, 7) is 1.09. The molecule has 0 saturated heterocycles. The summed E-state index contributed by atoms with van der Waals surface area (Å²) in [6, 6.07) is 0. The molecule has 0 fully saturated rings. The summed E-state index contributed by atoms with van der Waals surface area (Å²) in [7, 11) is -4.63. The van der Waals surface area contributed by atoms with E-state index in [9.17, 15) is 9.36 Å². The lowest BCUT2D eigenvalue weighted by molar-refractivity contribution is -0.290. The highest BCUT2D eigenvalue weighted by molar-refractivity contribution is 7.46. The lowest BCUT2D eigenvalue weighted by Crippen LogP contribution is -2.25. The highest BCUT2D eigenvalue weighted by Gasteiger charge is 2.20. The van der Waals surface area contributed by atoms with Crippen molar-refractivity contribution in [1.82, 2.24) is 0 Å². The van der Waals surface area contributed by atoms with E-state index in [1.807, 2.05) is 6.92 Å². The summed E-state index contributed by atoms with van der Waals surface area (Å²) >= 11 is 0. The fraction of sp³-hybridized carbons (Fsp3) is 0.889. The van der Waals surface area contributed by atoms with Gasteiger partial charge in [-0.3, -0.25) is 14.6 Å².